The molecule has 5 aliphatic rings. The van der Waals surface area contributed by atoms with Crippen molar-refractivity contribution in [3.8, 4) is 0 Å². The number of fused-ring (bicyclic) bond motifs is 6. The van der Waals surface area contributed by atoms with Crippen LogP contribution in [-0.2, 0) is 0 Å². The molecule has 0 saturated heterocycles. The van der Waals surface area contributed by atoms with Crippen molar-refractivity contribution in [1.29, 1.82) is 0 Å². The first-order valence-electron chi connectivity index (χ1n) is 14.3. The maximum Gasteiger partial charge on any atom is -0.0261 e. The van der Waals surface area contributed by atoms with Crippen LogP contribution in [0.5, 0.6) is 0 Å². The van der Waals surface area contributed by atoms with Crippen molar-refractivity contribution >= 4 is 0 Å². The highest BCUT2D eigenvalue weighted by atomic mass is 14.7. The summed E-state index contributed by atoms with van der Waals surface area (Å²) in [6, 6.07) is 0. The molecule has 5 fully saturated rings. The molecule has 0 bridgehead atoms. The van der Waals surface area contributed by atoms with Crippen LogP contribution in [-0.4, -0.2) is 0 Å². The molecular formula is C30H52. The second-order valence-electron chi connectivity index (χ2n) is 14.1. The Bertz CT molecular complexity index is 614. The van der Waals surface area contributed by atoms with E-state index in [1.165, 1.54) is 32.1 Å². The Kier molecular flexibility index (Phi) is 5.67. The van der Waals surface area contributed by atoms with Crippen LogP contribution in [0.3, 0.4) is 0 Å². The summed E-state index contributed by atoms with van der Waals surface area (Å²) >= 11 is 0. The van der Waals surface area contributed by atoms with Gasteiger partial charge in [0.2, 0.25) is 0 Å². The first kappa shape index (κ1) is 21.8. The maximum atomic E-state index is 2.80. The van der Waals surface area contributed by atoms with Crippen molar-refractivity contribution in [2.24, 2.45) is 57.7 Å². The molecule has 0 aromatic carbocycles. The van der Waals surface area contributed by atoms with Crippen molar-refractivity contribution < 1.29 is 0 Å². The molecule has 0 aromatic rings. The van der Waals surface area contributed by atoms with Crippen LogP contribution in [0.25, 0.3) is 0 Å². The van der Waals surface area contributed by atoms with Crippen LogP contribution >= 0.6 is 0 Å². The summed E-state index contributed by atoms with van der Waals surface area (Å²) in [6.07, 6.45) is 23.3. The molecule has 0 N–H and O–H groups in total. The van der Waals surface area contributed by atoms with Crippen LogP contribution in [0, 0.1) is 57.7 Å². The first-order valence-corrected chi connectivity index (χ1v) is 14.3. The van der Waals surface area contributed by atoms with Crippen molar-refractivity contribution in [2.75, 3.05) is 0 Å². The zero-order valence-electron chi connectivity index (χ0n) is 21.1. The average molecular weight is 413 g/mol. The molecule has 0 aromatic heterocycles. The average Bonchev–Trinajstić information content (AvgIpc) is 3.02. The Hall–Kier alpha value is 0. The topological polar surface area (TPSA) is 0 Å². The Balaban J connectivity index is 1.39. The molecule has 1 unspecified atom stereocenters. The molecule has 0 aliphatic heterocycles. The third kappa shape index (κ3) is 3.19. The number of hydrogen-bond acceptors (Lipinski definition) is 0. The third-order valence-corrected chi connectivity index (χ3v) is 12.5. The van der Waals surface area contributed by atoms with Crippen molar-refractivity contribution in [1.82, 2.24) is 0 Å². The Morgan fingerprint density at radius 2 is 1.50 bits per heavy atom. The van der Waals surface area contributed by atoms with Gasteiger partial charge >= 0.3 is 0 Å². The minimum Gasteiger partial charge on any atom is -0.0628 e. The predicted molar refractivity (Wildman–Crippen MR) is 129 cm³/mol. The SMILES string of the molecule is CC(C)CCC[C@@H](C)[C@H]1CC[C@H]2[C@H]3[C@H](CC[C@]12C)[C@@]1(C)CCCCC1CC31CCC1. The quantitative estimate of drug-likeness (QED) is 0.422. The summed E-state index contributed by atoms with van der Waals surface area (Å²) in [5, 5.41) is 0. The molecule has 0 heteroatoms. The van der Waals surface area contributed by atoms with Gasteiger partial charge in [-0.3, -0.25) is 0 Å². The van der Waals surface area contributed by atoms with E-state index < -0.39 is 0 Å². The maximum absolute atomic E-state index is 2.80. The van der Waals surface area contributed by atoms with Crippen molar-refractivity contribution in [3.63, 3.8) is 0 Å². The fourth-order valence-corrected chi connectivity index (χ4v) is 10.8. The Labute approximate surface area is 188 Å². The molecule has 5 saturated carbocycles. The van der Waals surface area contributed by atoms with Gasteiger partial charge in [0.1, 0.15) is 0 Å². The molecule has 0 amide bonds. The minimum absolute atomic E-state index is 0.666. The normalized spacial score (nSPS) is 48.0. The van der Waals surface area contributed by atoms with Gasteiger partial charge in [-0.25, -0.2) is 0 Å². The van der Waals surface area contributed by atoms with E-state index in [2.05, 4.69) is 34.6 Å². The van der Waals surface area contributed by atoms with Crippen LogP contribution in [0.4, 0.5) is 0 Å². The van der Waals surface area contributed by atoms with Crippen LogP contribution < -0.4 is 0 Å². The third-order valence-electron chi connectivity index (χ3n) is 12.5. The summed E-state index contributed by atoms with van der Waals surface area (Å²) in [5.41, 5.74) is 2.15. The molecule has 0 heterocycles. The predicted octanol–water partition coefficient (Wildman–Crippen LogP) is 9.28. The molecule has 172 valence electrons. The second-order valence-corrected chi connectivity index (χ2v) is 14.1. The van der Waals surface area contributed by atoms with E-state index in [9.17, 15) is 0 Å². The van der Waals surface area contributed by atoms with E-state index in [1.807, 2.05) is 0 Å². The fourth-order valence-electron chi connectivity index (χ4n) is 10.8. The van der Waals surface area contributed by atoms with E-state index in [0.717, 1.165) is 46.8 Å². The van der Waals surface area contributed by atoms with Gasteiger partial charge in [-0.05, 0) is 115 Å². The Morgan fingerprint density at radius 3 is 2.20 bits per heavy atom. The summed E-state index contributed by atoms with van der Waals surface area (Å²) in [6.45, 7) is 13.0. The fraction of sp³-hybridized carbons (Fsp3) is 1.00. The smallest absolute Gasteiger partial charge is 0.0261 e. The van der Waals surface area contributed by atoms with E-state index >= 15 is 0 Å². The zero-order valence-corrected chi connectivity index (χ0v) is 21.1. The van der Waals surface area contributed by atoms with Gasteiger partial charge < -0.3 is 0 Å². The molecule has 8 atom stereocenters. The lowest BCUT2D eigenvalue weighted by Crippen LogP contribution is -2.61. The lowest BCUT2D eigenvalue weighted by molar-refractivity contribution is -0.202. The van der Waals surface area contributed by atoms with E-state index in [0.29, 0.717) is 10.8 Å². The summed E-state index contributed by atoms with van der Waals surface area (Å²) in [7, 11) is 0. The lowest BCUT2D eigenvalue weighted by Gasteiger charge is -2.69. The zero-order chi connectivity index (χ0) is 21.1. The molecule has 5 aliphatic carbocycles. The van der Waals surface area contributed by atoms with Gasteiger partial charge in [0.15, 0.2) is 0 Å². The van der Waals surface area contributed by atoms with Gasteiger partial charge in [-0.15, -0.1) is 0 Å². The van der Waals surface area contributed by atoms with Gasteiger partial charge in [-0.1, -0.05) is 73.1 Å². The monoisotopic (exact) mass is 412 g/mol. The van der Waals surface area contributed by atoms with Crippen molar-refractivity contribution in [3.05, 3.63) is 0 Å². The molecular weight excluding hydrogens is 360 g/mol. The molecule has 1 spiro atoms. The molecule has 30 heavy (non-hydrogen) atoms. The standard InChI is InChI=1S/C30H52/c1-21(2)10-8-11-22(3)24-13-14-25-27-26(15-19-29(24,25)5)28(4)16-7-6-12-23(28)20-30(27)17-9-18-30/h21-27H,6-20H2,1-5H3/t22-,23?,24-,25+,26+,27+,28+,29-/m1/s1. The first-order chi connectivity index (χ1) is 14.3. The summed E-state index contributed by atoms with van der Waals surface area (Å²) in [5.74, 6) is 7.16. The van der Waals surface area contributed by atoms with Gasteiger partial charge in [0.25, 0.3) is 0 Å². The van der Waals surface area contributed by atoms with Gasteiger partial charge in [-0.2, -0.15) is 0 Å². The molecule has 5 rings (SSSR count). The van der Waals surface area contributed by atoms with Gasteiger partial charge in [0.05, 0.1) is 0 Å². The summed E-state index contributed by atoms with van der Waals surface area (Å²) < 4.78 is 0. The second kappa shape index (κ2) is 7.80. The highest BCUT2D eigenvalue weighted by Gasteiger charge is 2.67. The number of hydrogen-bond donors (Lipinski definition) is 0. The van der Waals surface area contributed by atoms with Crippen LogP contribution in [0.2, 0.25) is 0 Å². The molecule has 0 radical (unpaired) electrons. The van der Waals surface area contributed by atoms with E-state index in [1.54, 1.807) is 64.2 Å². The minimum atomic E-state index is 0.666. The van der Waals surface area contributed by atoms with Crippen molar-refractivity contribution in [2.45, 2.75) is 131 Å². The van der Waals surface area contributed by atoms with Gasteiger partial charge in [0, 0.05) is 0 Å². The van der Waals surface area contributed by atoms with E-state index in [-0.39, 0.29) is 0 Å². The summed E-state index contributed by atoms with van der Waals surface area (Å²) in [4.78, 5) is 0. The van der Waals surface area contributed by atoms with E-state index in [4.69, 9.17) is 0 Å². The number of rotatable bonds is 5. The highest BCUT2D eigenvalue weighted by molar-refractivity contribution is 5.16. The van der Waals surface area contributed by atoms with Crippen LogP contribution in [0.15, 0.2) is 0 Å². The van der Waals surface area contributed by atoms with Crippen LogP contribution in [0.1, 0.15) is 131 Å². The Morgan fingerprint density at radius 1 is 0.733 bits per heavy atom. The highest BCUT2D eigenvalue weighted by Crippen LogP contribution is 2.75. The lowest BCUT2D eigenvalue weighted by atomic mass is 9.36. The molecule has 0 nitrogen and oxygen atoms in total. The largest absolute Gasteiger partial charge is 0.0628 e.